The van der Waals surface area contributed by atoms with Gasteiger partial charge in [-0.25, -0.2) is 4.79 Å². The zero-order chi connectivity index (χ0) is 25.7. The Bertz CT molecular complexity index is 794. The molecular weight excluding hydrogens is 450 g/mol. The number of nitrogens with one attached hydrogen (secondary N) is 2. The van der Waals surface area contributed by atoms with E-state index in [1.807, 2.05) is 44.4 Å². The van der Waals surface area contributed by atoms with Crippen molar-refractivity contribution >= 4 is 29.7 Å². The first-order valence-corrected chi connectivity index (χ1v) is 13.6. The predicted octanol–water partition coefficient (Wildman–Crippen LogP) is 4.84. The molecule has 0 saturated heterocycles. The van der Waals surface area contributed by atoms with Gasteiger partial charge >= 0.3 is 6.09 Å². The van der Waals surface area contributed by atoms with Gasteiger partial charge in [0.05, 0.1) is 0 Å². The minimum Gasteiger partial charge on any atom is -0.444 e. The summed E-state index contributed by atoms with van der Waals surface area (Å²) in [5, 5.41) is 5.77. The normalized spacial score (nSPS) is 13.0. The maximum absolute atomic E-state index is 13.9. The van der Waals surface area contributed by atoms with Crippen LogP contribution in [0.1, 0.15) is 77.5 Å². The number of ether oxygens (including phenoxy) is 1. The average Bonchev–Trinajstić information content (AvgIpc) is 2.76. The standard InChI is InChI=1S/C26H43N3O4S/c1-8-10-16-27-23(30)22(20-14-12-11-13-19(20)3)29(17-9-2)24(31)21(15-18-34-7)28-25(32)33-26(4,5)6/h11-14,21-22H,8-10,15-18H2,1-7H3,(H,27,30)(H,28,32). The van der Waals surface area contributed by atoms with Crippen LogP contribution in [-0.2, 0) is 14.3 Å². The summed E-state index contributed by atoms with van der Waals surface area (Å²) in [6, 6.07) is 6.08. The molecule has 0 fully saturated rings. The van der Waals surface area contributed by atoms with Gasteiger partial charge in [-0.05, 0) is 70.1 Å². The number of carbonyl (C=O) groups excluding carboxylic acids is 3. The van der Waals surface area contributed by atoms with E-state index in [0.717, 1.165) is 24.0 Å². The van der Waals surface area contributed by atoms with E-state index in [-0.39, 0.29) is 11.8 Å². The van der Waals surface area contributed by atoms with Crippen LogP contribution >= 0.6 is 11.8 Å². The van der Waals surface area contributed by atoms with Gasteiger partial charge in [-0.15, -0.1) is 0 Å². The average molecular weight is 494 g/mol. The summed E-state index contributed by atoms with van der Waals surface area (Å²) >= 11 is 1.60. The van der Waals surface area contributed by atoms with Gasteiger partial charge in [-0.2, -0.15) is 11.8 Å². The molecule has 0 bridgehead atoms. The molecule has 8 heteroatoms. The third-order valence-electron chi connectivity index (χ3n) is 5.22. The molecule has 1 aromatic carbocycles. The molecule has 2 atom stereocenters. The first-order chi connectivity index (χ1) is 16.1. The Labute approximate surface area is 209 Å². The van der Waals surface area contributed by atoms with Crippen LogP contribution in [0.15, 0.2) is 24.3 Å². The molecule has 0 aliphatic heterocycles. The van der Waals surface area contributed by atoms with Gasteiger partial charge < -0.3 is 20.3 Å². The van der Waals surface area contributed by atoms with Crippen LogP contribution in [0.4, 0.5) is 4.79 Å². The molecule has 34 heavy (non-hydrogen) atoms. The highest BCUT2D eigenvalue weighted by atomic mass is 32.2. The van der Waals surface area contributed by atoms with E-state index >= 15 is 0 Å². The van der Waals surface area contributed by atoms with E-state index in [0.29, 0.717) is 31.7 Å². The summed E-state index contributed by atoms with van der Waals surface area (Å²) in [6.07, 6.45) is 4.27. The monoisotopic (exact) mass is 493 g/mol. The molecule has 3 amide bonds. The number of rotatable bonds is 13. The lowest BCUT2D eigenvalue weighted by Gasteiger charge is -2.35. The zero-order valence-corrected chi connectivity index (χ0v) is 22.7. The molecule has 0 spiro atoms. The van der Waals surface area contributed by atoms with E-state index in [4.69, 9.17) is 4.74 Å². The SMILES string of the molecule is CCCCNC(=O)C(c1ccccc1C)N(CCC)C(=O)C(CCSC)NC(=O)OC(C)(C)C. The molecule has 7 nitrogen and oxygen atoms in total. The van der Waals surface area contributed by atoms with Crippen molar-refractivity contribution in [1.82, 2.24) is 15.5 Å². The van der Waals surface area contributed by atoms with Gasteiger partial charge in [0.1, 0.15) is 17.7 Å². The number of alkyl carbamates (subject to hydrolysis) is 1. The molecular formula is C26H43N3O4S. The summed E-state index contributed by atoms with van der Waals surface area (Å²) in [4.78, 5) is 41.4. The lowest BCUT2D eigenvalue weighted by Crippen LogP contribution is -2.53. The van der Waals surface area contributed by atoms with E-state index < -0.39 is 23.8 Å². The number of thioether (sulfide) groups is 1. The summed E-state index contributed by atoms with van der Waals surface area (Å²) in [5.41, 5.74) is 1.05. The van der Waals surface area contributed by atoms with Crippen LogP contribution in [0.2, 0.25) is 0 Å². The molecule has 2 unspecified atom stereocenters. The van der Waals surface area contributed by atoms with E-state index in [1.165, 1.54) is 0 Å². The van der Waals surface area contributed by atoms with Gasteiger partial charge in [-0.3, -0.25) is 9.59 Å². The molecule has 0 radical (unpaired) electrons. The molecule has 0 aromatic heterocycles. The van der Waals surface area contributed by atoms with Crippen LogP contribution in [-0.4, -0.2) is 59.5 Å². The number of hydrogen-bond acceptors (Lipinski definition) is 5. The molecule has 0 heterocycles. The Morgan fingerprint density at radius 2 is 1.79 bits per heavy atom. The van der Waals surface area contributed by atoms with Crippen molar-refractivity contribution in [3.63, 3.8) is 0 Å². The van der Waals surface area contributed by atoms with E-state index in [1.54, 1.807) is 37.4 Å². The van der Waals surface area contributed by atoms with E-state index in [2.05, 4.69) is 17.6 Å². The number of nitrogens with zero attached hydrogens (tertiary/aromatic N) is 1. The van der Waals surface area contributed by atoms with E-state index in [9.17, 15) is 14.4 Å². The second-order valence-corrected chi connectivity index (χ2v) is 10.4. The fourth-order valence-electron chi connectivity index (χ4n) is 3.58. The van der Waals surface area contributed by atoms with Crippen molar-refractivity contribution in [2.24, 2.45) is 0 Å². The lowest BCUT2D eigenvalue weighted by molar-refractivity contribution is -0.142. The van der Waals surface area contributed by atoms with Crippen molar-refractivity contribution in [2.75, 3.05) is 25.1 Å². The topological polar surface area (TPSA) is 87.7 Å². The number of hydrogen-bond donors (Lipinski definition) is 2. The number of amides is 3. The molecule has 0 aliphatic carbocycles. The highest BCUT2D eigenvalue weighted by Crippen LogP contribution is 2.26. The maximum atomic E-state index is 13.9. The number of unbranched alkanes of at least 4 members (excludes halogenated alkanes) is 1. The molecule has 1 rings (SSSR count). The first-order valence-electron chi connectivity index (χ1n) is 12.2. The molecule has 2 N–H and O–H groups in total. The molecule has 192 valence electrons. The summed E-state index contributed by atoms with van der Waals surface area (Å²) in [7, 11) is 0. The van der Waals surface area contributed by atoms with Gasteiger partial charge in [0.25, 0.3) is 0 Å². The summed E-state index contributed by atoms with van der Waals surface area (Å²) in [5.74, 6) is 0.204. The smallest absolute Gasteiger partial charge is 0.408 e. The Morgan fingerprint density at radius 3 is 2.35 bits per heavy atom. The molecule has 0 saturated carbocycles. The minimum atomic E-state index is -0.788. The molecule has 0 aliphatic rings. The third kappa shape index (κ3) is 9.95. The number of carbonyl (C=O) groups is 3. The predicted molar refractivity (Wildman–Crippen MR) is 140 cm³/mol. The Kier molecular flexibility index (Phi) is 13.1. The first kappa shape index (κ1) is 29.8. The third-order valence-corrected chi connectivity index (χ3v) is 5.86. The zero-order valence-electron chi connectivity index (χ0n) is 21.9. The quantitative estimate of drug-likeness (QED) is 0.384. The fourth-order valence-corrected chi connectivity index (χ4v) is 4.05. The number of benzene rings is 1. The number of aryl methyl sites for hydroxylation is 1. The Morgan fingerprint density at radius 1 is 1.12 bits per heavy atom. The van der Waals surface area contributed by atoms with Crippen molar-refractivity contribution in [3.8, 4) is 0 Å². The van der Waals surface area contributed by atoms with Crippen molar-refractivity contribution < 1.29 is 19.1 Å². The fraction of sp³-hybridized carbons (Fsp3) is 0.654. The minimum absolute atomic E-state index is 0.203. The van der Waals surface area contributed by atoms with Gasteiger partial charge in [0.2, 0.25) is 11.8 Å². The highest BCUT2D eigenvalue weighted by molar-refractivity contribution is 7.98. The lowest BCUT2D eigenvalue weighted by atomic mass is 9.97. The Hall–Kier alpha value is -2.22. The van der Waals surface area contributed by atoms with Crippen LogP contribution < -0.4 is 10.6 Å². The van der Waals surface area contributed by atoms with Crippen LogP contribution in [0, 0.1) is 6.92 Å². The Balaban J connectivity index is 3.35. The maximum Gasteiger partial charge on any atom is 0.408 e. The van der Waals surface area contributed by atoms with Crippen LogP contribution in [0.3, 0.4) is 0 Å². The van der Waals surface area contributed by atoms with Crippen molar-refractivity contribution in [2.45, 2.75) is 84.9 Å². The van der Waals surface area contributed by atoms with Crippen LogP contribution in [0.25, 0.3) is 0 Å². The second-order valence-electron chi connectivity index (χ2n) is 9.42. The van der Waals surface area contributed by atoms with Gasteiger partial charge in [-0.1, -0.05) is 44.5 Å². The highest BCUT2D eigenvalue weighted by Gasteiger charge is 2.36. The summed E-state index contributed by atoms with van der Waals surface area (Å²) < 4.78 is 5.41. The summed E-state index contributed by atoms with van der Waals surface area (Å²) in [6.45, 7) is 12.3. The molecule has 1 aromatic rings. The van der Waals surface area contributed by atoms with Gasteiger partial charge in [0, 0.05) is 13.1 Å². The van der Waals surface area contributed by atoms with Crippen molar-refractivity contribution in [1.29, 1.82) is 0 Å². The van der Waals surface area contributed by atoms with Crippen molar-refractivity contribution in [3.05, 3.63) is 35.4 Å². The van der Waals surface area contributed by atoms with Gasteiger partial charge in [0.15, 0.2) is 0 Å². The second kappa shape index (κ2) is 14.9. The van der Waals surface area contributed by atoms with Crippen LogP contribution in [0.5, 0.6) is 0 Å². The largest absolute Gasteiger partial charge is 0.444 e.